The van der Waals surface area contributed by atoms with Crippen molar-refractivity contribution >= 4 is 11.6 Å². The van der Waals surface area contributed by atoms with Crippen molar-refractivity contribution in [1.29, 1.82) is 0 Å². The molecule has 0 radical (unpaired) electrons. The fourth-order valence-corrected chi connectivity index (χ4v) is 2.21. The first-order valence-corrected chi connectivity index (χ1v) is 6.72. The first kappa shape index (κ1) is 14.7. The molecule has 1 saturated heterocycles. The number of rotatable bonds is 4. The first-order valence-electron chi connectivity index (χ1n) is 6.72. The van der Waals surface area contributed by atoms with Crippen molar-refractivity contribution in [2.75, 3.05) is 45.1 Å². The van der Waals surface area contributed by atoms with Crippen LogP contribution in [0.2, 0.25) is 0 Å². The number of anilines is 1. The number of carbonyl (C=O) groups is 1. The van der Waals surface area contributed by atoms with Gasteiger partial charge in [-0.3, -0.25) is 9.69 Å². The molecule has 0 spiro atoms. The van der Waals surface area contributed by atoms with Crippen LogP contribution < -0.4 is 11.1 Å². The van der Waals surface area contributed by atoms with E-state index in [4.69, 9.17) is 10.5 Å². The zero-order valence-corrected chi connectivity index (χ0v) is 11.6. The van der Waals surface area contributed by atoms with Crippen molar-refractivity contribution in [1.82, 2.24) is 10.2 Å². The highest BCUT2D eigenvalue weighted by molar-refractivity contribution is 5.95. The first-order chi connectivity index (χ1) is 9.58. The molecule has 20 heavy (non-hydrogen) atoms. The number of ether oxygens (including phenoxy) is 1. The van der Waals surface area contributed by atoms with Crippen molar-refractivity contribution in [3.8, 4) is 0 Å². The number of hydrogen-bond donors (Lipinski definition) is 2. The van der Waals surface area contributed by atoms with E-state index in [0.717, 1.165) is 32.8 Å². The number of nitrogens with zero attached hydrogens (tertiary/aromatic N) is 1. The average molecular weight is 281 g/mol. The number of aryl methyl sites for hydroxylation is 1. The molecule has 0 atom stereocenters. The van der Waals surface area contributed by atoms with Crippen LogP contribution >= 0.6 is 0 Å². The Balaban J connectivity index is 1.88. The summed E-state index contributed by atoms with van der Waals surface area (Å²) >= 11 is 0. The predicted octanol–water partition coefficient (Wildman–Crippen LogP) is 0.778. The van der Waals surface area contributed by atoms with Gasteiger partial charge in [0.15, 0.2) is 0 Å². The Hall–Kier alpha value is -1.66. The van der Waals surface area contributed by atoms with E-state index in [9.17, 15) is 9.18 Å². The number of halogens is 1. The standard InChI is InChI=1S/C14H20FN3O2/c1-10-8-11(16)9-12(13(10)15)14(19)17-2-3-18-4-6-20-7-5-18/h8-9H,2-7,16H2,1H3,(H,17,19). The van der Waals surface area contributed by atoms with Gasteiger partial charge in [0.2, 0.25) is 0 Å². The van der Waals surface area contributed by atoms with E-state index < -0.39 is 11.7 Å². The van der Waals surface area contributed by atoms with Gasteiger partial charge in [0.1, 0.15) is 5.82 Å². The molecule has 1 amide bonds. The van der Waals surface area contributed by atoms with Crippen LogP contribution in [0.15, 0.2) is 12.1 Å². The van der Waals surface area contributed by atoms with E-state index >= 15 is 0 Å². The van der Waals surface area contributed by atoms with Gasteiger partial charge in [-0.25, -0.2) is 4.39 Å². The Morgan fingerprint density at radius 1 is 1.45 bits per heavy atom. The van der Waals surface area contributed by atoms with E-state index in [1.807, 2.05) is 0 Å². The fraction of sp³-hybridized carbons (Fsp3) is 0.500. The molecule has 0 saturated carbocycles. The van der Waals surface area contributed by atoms with Crippen molar-refractivity contribution in [3.63, 3.8) is 0 Å². The zero-order valence-electron chi connectivity index (χ0n) is 11.6. The van der Waals surface area contributed by atoms with Gasteiger partial charge < -0.3 is 15.8 Å². The van der Waals surface area contributed by atoms with Crippen molar-refractivity contribution < 1.29 is 13.9 Å². The predicted molar refractivity (Wildman–Crippen MR) is 75.1 cm³/mol. The molecule has 1 aliphatic rings. The summed E-state index contributed by atoms with van der Waals surface area (Å²) in [6.07, 6.45) is 0. The number of benzene rings is 1. The third kappa shape index (κ3) is 3.68. The van der Waals surface area contributed by atoms with Gasteiger partial charge in [0.25, 0.3) is 5.91 Å². The van der Waals surface area contributed by atoms with Gasteiger partial charge in [-0.05, 0) is 24.6 Å². The maximum atomic E-state index is 13.9. The summed E-state index contributed by atoms with van der Waals surface area (Å²) in [7, 11) is 0. The van der Waals surface area contributed by atoms with E-state index in [0.29, 0.717) is 17.8 Å². The number of carbonyl (C=O) groups excluding carboxylic acids is 1. The summed E-state index contributed by atoms with van der Waals surface area (Å²) in [5.74, 6) is -0.936. The Kier molecular flexibility index (Phi) is 4.92. The van der Waals surface area contributed by atoms with Gasteiger partial charge in [-0.1, -0.05) is 0 Å². The third-order valence-corrected chi connectivity index (χ3v) is 3.34. The van der Waals surface area contributed by atoms with E-state index in [2.05, 4.69) is 10.2 Å². The van der Waals surface area contributed by atoms with Gasteiger partial charge in [0.05, 0.1) is 18.8 Å². The monoisotopic (exact) mass is 281 g/mol. The lowest BCUT2D eigenvalue weighted by Gasteiger charge is -2.26. The van der Waals surface area contributed by atoms with Crippen LogP contribution in [0, 0.1) is 12.7 Å². The minimum atomic E-state index is -0.511. The number of nitrogens with one attached hydrogen (secondary N) is 1. The van der Waals surface area contributed by atoms with Crippen LogP contribution in [-0.4, -0.2) is 50.2 Å². The lowest BCUT2D eigenvalue weighted by molar-refractivity contribution is 0.0383. The third-order valence-electron chi connectivity index (χ3n) is 3.34. The molecule has 0 aromatic heterocycles. The highest BCUT2D eigenvalue weighted by Gasteiger charge is 2.15. The van der Waals surface area contributed by atoms with Crippen LogP contribution in [0.1, 0.15) is 15.9 Å². The summed E-state index contributed by atoms with van der Waals surface area (Å²) in [5, 5.41) is 2.72. The van der Waals surface area contributed by atoms with Crippen LogP contribution in [0.4, 0.5) is 10.1 Å². The minimum absolute atomic E-state index is 0.00415. The van der Waals surface area contributed by atoms with Crippen LogP contribution in [0.5, 0.6) is 0 Å². The van der Waals surface area contributed by atoms with Gasteiger partial charge >= 0.3 is 0 Å². The Bertz CT molecular complexity index is 488. The molecule has 0 aliphatic carbocycles. The lowest BCUT2D eigenvalue weighted by atomic mass is 10.1. The van der Waals surface area contributed by atoms with E-state index in [-0.39, 0.29) is 5.56 Å². The molecule has 1 aromatic rings. The maximum absolute atomic E-state index is 13.9. The molecule has 110 valence electrons. The number of hydrogen-bond acceptors (Lipinski definition) is 4. The maximum Gasteiger partial charge on any atom is 0.254 e. The highest BCUT2D eigenvalue weighted by Crippen LogP contribution is 2.16. The van der Waals surface area contributed by atoms with Gasteiger partial charge in [-0.15, -0.1) is 0 Å². The van der Waals surface area contributed by atoms with Gasteiger partial charge in [0, 0.05) is 31.9 Å². The van der Waals surface area contributed by atoms with Gasteiger partial charge in [-0.2, -0.15) is 0 Å². The average Bonchev–Trinajstić information content (AvgIpc) is 2.44. The largest absolute Gasteiger partial charge is 0.399 e. The van der Waals surface area contributed by atoms with Crippen molar-refractivity contribution in [2.24, 2.45) is 0 Å². The molecule has 1 aromatic carbocycles. The molecular weight excluding hydrogens is 261 g/mol. The second-order valence-corrected chi connectivity index (χ2v) is 4.91. The van der Waals surface area contributed by atoms with E-state index in [1.54, 1.807) is 6.92 Å². The molecule has 1 heterocycles. The minimum Gasteiger partial charge on any atom is -0.399 e. The highest BCUT2D eigenvalue weighted by atomic mass is 19.1. The molecule has 3 N–H and O–H groups in total. The summed E-state index contributed by atoms with van der Waals surface area (Å²) in [4.78, 5) is 14.2. The molecule has 6 heteroatoms. The number of morpholine rings is 1. The molecule has 1 fully saturated rings. The summed E-state index contributed by atoms with van der Waals surface area (Å²) < 4.78 is 19.1. The molecular formula is C14H20FN3O2. The quantitative estimate of drug-likeness (QED) is 0.800. The second kappa shape index (κ2) is 6.67. The zero-order chi connectivity index (χ0) is 14.5. The molecule has 0 bridgehead atoms. The summed E-state index contributed by atoms with van der Waals surface area (Å²) in [6, 6.07) is 2.88. The Labute approximate surface area is 117 Å². The Morgan fingerprint density at radius 2 is 2.15 bits per heavy atom. The number of nitrogens with two attached hydrogens (primary N) is 1. The number of nitrogen functional groups attached to an aromatic ring is 1. The van der Waals surface area contributed by atoms with Crippen molar-refractivity contribution in [2.45, 2.75) is 6.92 Å². The molecule has 5 nitrogen and oxygen atoms in total. The lowest BCUT2D eigenvalue weighted by Crippen LogP contribution is -2.41. The number of amides is 1. The SMILES string of the molecule is Cc1cc(N)cc(C(=O)NCCN2CCOCC2)c1F. The normalized spacial score (nSPS) is 16.1. The fourth-order valence-electron chi connectivity index (χ4n) is 2.21. The molecule has 1 aliphatic heterocycles. The smallest absolute Gasteiger partial charge is 0.254 e. The van der Waals surface area contributed by atoms with Crippen LogP contribution in [0.3, 0.4) is 0 Å². The van der Waals surface area contributed by atoms with Crippen LogP contribution in [0.25, 0.3) is 0 Å². The van der Waals surface area contributed by atoms with Crippen LogP contribution in [-0.2, 0) is 4.74 Å². The summed E-state index contributed by atoms with van der Waals surface area (Å²) in [6.45, 7) is 5.97. The Morgan fingerprint density at radius 3 is 2.85 bits per heavy atom. The van der Waals surface area contributed by atoms with E-state index in [1.165, 1.54) is 12.1 Å². The topological polar surface area (TPSA) is 67.6 Å². The molecule has 0 unspecified atom stereocenters. The second-order valence-electron chi connectivity index (χ2n) is 4.91. The molecule has 2 rings (SSSR count). The summed E-state index contributed by atoms with van der Waals surface area (Å²) in [5.41, 5.74) is 6.42. The van der Waals surface area contributed by atoms with Crippen molar-refractivity contribution in [3.05, 3.63) is 29.1 Å².